The van der Waals surface area contributed by atoms with Gasteiger partial charge in [-0.2, -0.15) is 0 Å². The molecule has 1 rings (SSSR count). The van der Waals surface area contributed by atoms with Crippen LogP contribution in [0, 0.1) is 5.92 Å². The number of nitrogens with one attached hydrogen (secondary N) is 1. The number of nitrogens with two attached hydrogens (primary N) is 1. The molecule has 3 atom stereocenters. The lowest BCUT2D eigenvalue weighted by Gasteiger charge is -2.38. The molecule has 4 N–H and O–H groups in total. The minimum atomic E-state index is -1.27. The molecule has 19 heavy (non-hydrogen) atoms. The average molecular weight is 271 g/mol. The summed E-state index contributed by atoms with van der Waals surface area (Å²) in [5.41, 5.74) is 4.97. The molecule has 0 bridgehead atoms. The van der Waals surface area contributed by atoms with Crippen LogP contribution in [-0.2, 0) is 9.59 Å². The summed E-state index contributed by atoms with van der Waals surface area (Å²) in [5.74, 6) is -1.64. The highest BCUT2D eigenvalue weighted by molar-refractivity contribution is 5.87. The number of carbonyl (C=O) groups is 3. The summed E-state index contributed by atoms with van der Waals surface area (Å²) in [7, 11) is 0. The summed E-state index contributed by atoms with van der Waals surface area (Å²) < 4.78 is 0. The monoisotopic (exact) mass is 271 g/mol. The van der Waals surface area contributed by atoms with Crippen molar-refractivity contribution in [2.75, 3.05) is 6.54 Å². The highest BCUT2D eigenvalue weighted by atomic mass is 16.4. The molecule has 1 aliphatic heterocycles. The van der Waals surface area contributed by atoms with Gasteiger partial charge in [0.1, 0.15) is 6.04 Å². The molecule has 3 unspecified atom stereocenters. The number of rotatable bonds is 4. The second-order valence-electron chi connectivity index (χ2n) is 5.06. The van der Waals surface area contributed by atoms with Crippen LogP contribution in [-0.4, -0.2) is 46.5 Å². The Bertz CT molecular complexity index is 372. The molecule has 0 aromatic heterocycles. The Morgan fingerprint density at radius 1 is 1.42 bits per heavy atom. The maximum Gasteiger partial charge on any atom is 0.326 e. The first-order valence-corrected chi connectivity index (χ1v) is 6.41. The van der Waals surface area contributed by atoms with E-state index in [4.69, 9.17) is 10.8 Å². The fourth-order valence-electron chi connectivity index (χ4n) is 2.26. The van der Waals surface area contributed by atoms with Gasteiger partial charge < -0.3 is 21.1 Å². The standard InChI is InChI=1S/C12H21N3O4/c1-7-4-3-5-15(8(7)2)12(19)14-9(11(17)18)6-10(13)16/h7-9H,3-6H2,1-2H3,(H2,13,16)(H,14,19)(H,17,18). The first kappa shape index (κ1) is 15.3. The molecule has 108 valence electrons. The molecule has 0 aromatic rings. The second kappa shape index (κ2) is 6.40. The van der Waals surface area contributed by atoms with Crippen molar-refractivity contribution in [3.05, 3.63) is 0 Å². The van der Waals surface area contributed by atoms with E-state index < -0.39 is 30.4 Å². The molecule has 1 heterocycles. The van der Waals surface area contributed by atoms with Crippen molar-refractivity contribution in [2.45, 2.75) is 45.2 Å². The molecule has 0 spiro atoms. The van der Waals surface area contributed by atoms with Crippen LogP contribution in [0.1, 0.15) is 33.1 Å². The minimum absolute atomic E-state index is 0.0526. The Kier molecular flexibility index (Phi) is 5.14. The molecular formula is C12H21N3O4. The number of nitrogens with zero attached hydrogens (tertiary/aromatic N) is 1. The number of amides is 3. The summed E-state index contributed by atoms with van der Waals surface area (Å²) in [5, 5.41) is 11.3. The van der Waals surface area contributed by atoms with Crippen LogP contribution in [0.15, 0.2) is 0 Å². The number of likely N-dealkylation sites (tertiary alicyclic amines) is 1. The van der Waals surface area contributed by atoms with Crippen molar-refractivity contribution >= 4 is 17.9 Å². The number of hydrogen-bond donors (Lipinski definition) is 3. The molecule has 0 saturated carbocycles. The molecule has 0 radical (unpaired) electrons. The van der Waals surface area contributed by atoms with E-state index in [0.717, 1.165) is 12.8 Å². The fraction of sp³-hybridized carbons (Fsp3) is 0.750. The van der Waals surface area contributed by atoms with Gasteiger partial charge in [-0.1, -0.05) is 6.92 Å². The zero-order valence-electron chi connectivity index (χ0n) is 11.3. The SMILES string of the molecule is CC1CCCN(C(=O)NC(CC(N)=O)C(=O)O)C1C. The van der Waals surface area contributed by atoms with Gasteiger partial charge in [-0.05, 0) is 25.7 Å². The zero-order chi connectivity index (χ0) is 14.6. The van der Waals surface area contributed by atoms with Gasteiger partial charge in [0, 0.05) is 12.6 Å². The summed E-state index contributed by atoms with van der Waals surface area (Å²) in [4.78, 5) is 35.4. The lowest BCUT2D eigenvalue weighted by molar-refractivity contribution is -0.141. The van der Waals surface area contributed by atoms with Crippen molar-refractivity contribution in [3.63, 3.8) is 0 Å². The number of primary amides is 1. The summed E-state index contributed by atoms with van der Waals surface area (Å²) in [6.07, 6.45) is 1.54. The quantitative estimate of drug-likeness (QED) is 0.675. The topological polar surface area (TPSA) is 113 Å². The first-order chi connectivity index (χ1) is 8.82. The molecule has 1 saturated heterocycles. The van der Waals surface area contributed by atoms with E-state index in [-0.39, 0.29) is 6.04 Å². The van der Waals surface area contributed by atoms with Gasteiger partial charge >= 0.3 is 12.0 Å². The van der Waals surface area contributed by atoms with Crippen LogP contribution in [0.2, 0.25) is 0 Å². The van der Waals surface area contributed by atoms with E-state index in [1.807, 2.05) is 6.92 Å². The third-order valence-corrected chi connectivity index (χ3v) is 3.64. The Labute approximate surface area is 112 Å². The van der Waals surface area contributed by atoms with Gasteiger partial charge in [0.2, 0.25) is 5.91 Å². The number of aliphatic carboxylic acids is 1. The zero-order valence-corrected chi connectivity index (χ0v) is 11.3. The van der Waals surface area contributed by atoms with Crippen LogP contribution in [0.5, 0.6) is 0 Å². The van der Waals surface area contributed by atoms with E-state index in [1.165, 1.54) is 0 Å². The lowest BCUT2D eigenvalue weighted by Crippen LogP contribution is -2.54. The van der Waals surface area contributed by atoms with Crippen molar-refractivity contribution in [2.24, 2.45) is 11.7 Å². The molecule has 0 aliphatic carbocycles. The van der Waals surface area contributed by atoms with Crippen molar-refractivity contribution in [1.29, 1.82) is 0 Å². The molecule has 0 aromatic carbocycles. The lowest BCUT2D eigenvalue weighted by atomic mass is 9.92. The summed E-state index contributed by atoms with van der Waals surface area (Å²) in [6, 6.07) is -1.67. The summed E-state index contributed by atoms with van der Waals surface area (Å²) >= 11 is 0. The van der Waals surface area contributed by atoms with Crippen LogP contribution in [0.4, 0.5) is 4.79 Å². The normalized spacial score (nSPS) is 24.6. The Hall–Kier alpha value is -1.79. The first-order valence-electron chi connectivity index (χ1n) is 6.41. The molecular weight excluding hydrogens is 250 g/mol. The smallest absolute Gasteiger partial charge is 0.326 e. The van der Waals surface area contributed by atoms with Crippen LogP contribution >= 0.6 is 0 Å². The Balaban J connectivity index is 2.65. The molecule has 1 aliphatic rings. The van der Waals surface area contributed by atoms with Crippen molar-refractivity contribution in [3.8, 4) is 0 Å². The minimum Gasteiger partial charge on any atom is -0.480 e. The van der Waals surface area contributed by atoms with Gasteiger partial charge in [0.25, 0.3) is 0 Å². The highest BCUT2D eigenvalue weighted by Gasteiger charge is 2.31. The van der Waals surface area contributed by atoms with E-state index in [1.54, 1.807) is 4.90 Å². The largest absolute Gasteiger partial charge is 0.480 e. The number of carboxylic acid groups (broad SMARTS) is 1. The second-order valence-corrected chi connectivity index (χ2v) is 5.06. The molecule has 1 fully saturated rings. The highest BCUT2D eigenvalue weighted by Crippen LogP contribution is 2.22. The van der Waals surface area contributed by atoms with Crippen LogP contribution in [0.3, 0.4) is 0 Å². The maximum absolute atomic E-state index is 12.0. The van der Waals surface area contributed by atoms with E-state index in [9.17, 15) is 14.4 Å². The van der Waals surface area contributed by atoms with Gasteiger partial charge in [0.15, 0.2) is 0 Å². The van der Waals surface area contributed by atoms with Gasteiger partial charge in [-0.15, -0.1) is 0 Å². The number of carbonyl (C=O) groups excluding carboxylic acids is 2. The van der Waals surface area contributed by atoms with E-state index >= 15 is 0 Å². The molecule has 7 heteroatoms. The molecule has 3 amide bonds. The van der Waals surface area contributed by atoms with Crippen LogP contribution < -0.4 is 11.1 Å². The van der Waals surface area contributed by atoms with E-state index in [0.29, 0.717) is 12.5 Å². The average Bonchev–Trinajstić information content (AvgIpc) is 2.31. The van der Waals surface area contributed by atoms with Crippen molar-refractivity contribution < 1.29 is 19.5 Å². The number of urea groups is 1. The van der Waals surface area contributed by atoms with Gasteiger partial charge in [0.05, 0.1) is 6.42 Å². The van der Waals surface area contributed by atoms with Crippen molar-refractivity contribution in [1.82, 2.24) is 10.2 Å². The predicted molar refractivity (Wildman–Crippen MR) is 68.3 cm³/mol. The third-order valence-electron chi connectivity index (χ3n) is 3.64. The Morgan fingerprint density at radius 3 is 2.58 bits per heavy atom. The fourth-order valence-corrected chi connectivity index (χ4v) is 2.26. The van der Waals surface area contributed by atoms with Gasteiger partial charge in [-0.25, -0.2) is 9.59 Å². The summed E-state index contributed by atoms with van der Waals surface area (Å²) in [6.45, 7) is 4.59. The number of hydrogen-bond acceptors (Lipinski definition) is 3. The number of piperidine rings is 1. The Morgan fingerprint density at radius 2 is 2.05 bits per heavy atom. The van der Waals surface area contributed by atoms with E-state index in [2.05, 4.69) is 12.2 Å². The predicted octanol–water partition coefficient (Wildman–Crippen LogP) is 0.145. The third kappa shape index (κ3) is 4.11. The van der Waals surface area contributed by atoms with Gasteiger partial charge in [-0.3, -0.25) is 4.79 Å². The molecule has 7 nitrogen and oxygen atoms in total. The maximum atomic E-state index is 12.0. The van der Waals surface area contributed by atoms with Crippen LogP contribution in [0.25, 0.3) is 0 Å². The number of carboxylic acids is 1.